The summed E-state index contributed by atoms with van der Waals surface area (Å²) in [5.74, 6) is 0.578. The van der Waals surface area contributed by atoms with Gasteiger partial charge in [0.05, 0.1) is 4.90 Å². The van der Waals surface area contributed by atoms with Crippen molar-refractivity contribution in [2.24, 2.45) is 5.92 Å². The molecule has 1 heterocycles. The van der Waals surface area contributed by atoms with Crippen LogP contribution in [-0.2, 0) is 16.6 Å². The predicted octanol–water partition coefficient (Wildman–Crippen LogP) is 2.73. The number of sulfonamides is 1. The van der Waals surface area contributed by atoms with E-state index in [9.17, 15) is 8.42 Å². The van der Waals surface area contributed by atoms with Crippen molar-refractivity contribution in [2.45, 2.75) is 57.0 Å². The van der Waals surface area contributed by atoms with Crippen molar-refractivity contribution in [3.05, 3.63) is 15.8 Å². The molecule has 0 unspecified atom stereocenters. The zero-order valence-corrected chi connectivity index (χ0v) is 14.4. The second-order valence-electron chi connectivity index (χ2n) is 6.19. The molecule has 0 radical (unpaired) electrons. The smallest absolute Gasteiger partial charge is 0.244 e. The van der Waals surface area contributed by atoms with Gasteiger partial charge in [-0.15, -0.1) is 11.3 Å². The van der Waals surface area contributed by atoms with Crippen molar-refractivity contribution in [3.63, 3.8) is 0 Å². The van der Waals surface area contributed by atoms with Crippen molar-refractivity contribution in [1.29, 1.82) is 0 Å². The third kappa shape index (κ3) is 3.67. The van der Waals surface area contributed by atoms with Gasteiger partial charge in [0.1, 0.15) is 0 Å². The average Bonchev–Trinajstić information content (AvgIpc) is 3.34. The summed E-state index contributed by atoms with van der Waals surface area (Å²) in [6.07, 6.45) is 4.84. The van der Waals surface area contributed by atoms with E-state index in [1.54, 1.807) is 15.6 Å². The first-order valence-electron chi connectivity index (χ1n) is 7.83. The SMILES string of the molecule is CCN(CC1CC1)S(=O)(=O)c1cc(CNC2CC2)sc1C. The molecule has 118 valence electrons. The van der Waals surface area contributed by atoms with E-state index in [0.717, 1.165) is 16.3 Å². The van der Waals surface area contributed by atoms with Crippen molar-refractivity contribution >= 4 is 21.4 Å². The van der Waals surface area contributed by atoms with Crippen LogP contribution in [0.4, 0.5) is 0 Å². The van der Waals surface area contributed by atoms with E-state index in [2.05, 4.69) is 5.32 Å². The number of nitrogens with one attached hydrogen (secondary N) is 1. The Morgan fingerprint density at radius 1 is 1.33 bits per heavy atom. The van der Waals surface area contributed by atoms with Gasteiger partial charge in [0.2, 0.25) is 10.0 Å². The molecule has 0 atom stereocenters. The van der Waals surface area contributed by atoms with E-state index in [-0.39, 0.29) is 0 Å². The first-order chi connectivity index (χ1) is 10.0. The summed E-state index contributed by atoms with van der Waals surface area (Å²) in [4.78, 5) is 2.56. The van der Waals surface area contributed by atoms with E-state index in [4.69, 9.17) is 0 Å². The summed E-state index contributed by atoms with van der Waals surface area (Å²) in [5.41, 5.74) is 0. The number of rotatable bonds is 8. The monoisotopic (exact) mass is 328 g/mol. The Labute approximate surface area is 131 Å². The lowest BCUT2D eigenvalue weighted by atomic mass is 10.4. The van der Waals surface area contributed by atoms with Crippen molar-refractivity contribution in [2.75, 3.05) is 13.1 Å². The standard InChI is InChI=1S/C15H24N2O2S2/c1-3-17(10-12-4-5-12)21(18,19)15-8-14(20-11(15)2)9-16-13-6-7-13/h8,12-13,16H,3-7,9-10H2,1-2H3. The quantitative estimate of drug-likeness (QED) is 0.798. The fourth-order valence-corrected chi connectivity index (χ4v) is 5.60. The van der Waals surface area contributed by atoms with E-state index >= 15 is 0 Å². The largest absolute Gasteiger partial charge is 0.309 e. The van der Waals surface area contributed by atoms with Gasteiger partial charge in [0.15, 0.2) is 0 Å². The van der Waals surface area contributed by atoms with Crippen LogP contribution in [0.3, 0.4) is 0 Å². The Hall–Kier alpha value is -0.430. The summed E-state index contributed by atoms with van der Waals surface area (Å²) in [5, 5.41) is 3.45. The molecule has 2 fully saturated rings. The molecule has 2 saturated carbocycles. The summed E-state index contributed by atoms with van der Waals surface area (Å²) in [6, 6.07) is 2.52. The first-order valence-corrected chi connectivity index (χ1v) is 10.1. The second-order valence-corrected chi connectivity index (χ2v) is 9.43. The van der Waals surface area contributed by atoms with Gasteiger partial charge < -0.3 is 5.32 Å². The third-order valence-corrected chi connectivity index (χ3v) is 7.44. The van der Waals surface area contributed by atoms with Crippen LogP contribution >= 0.6 is 11.3 Å². The summed E-state index contributed by atoms with van der Waals surface area (Å²) >= 11 is 1.61. The lowest BCUT2D eigenvalue weighted by Crippen LogP contribution is -2.32. The molecular formula is C15H24N2O2S2. The molecular weight excluding hydrogens is 304 g/mol. The Bertz CT molecular complexity index is 601. The number of hydrogen-bond acceptors (Lipinski definition) is 4. The molecule has 0 amide bonds. The minimum Gasteiger partial charge on any atom is -0.309 e. The molecule has 0 aromatic carbocycles. The molecule has 0 saturated heterocycles. The summed E-state index contributed by atoms with van der Waals surface area (Å²) in [6.45, 7) is 5.88. The molecule has 1 aromatic heterocycles. The van der Waals surface area contributed by atoms with Gasteiger partial charge in [0, 0.05) is 35.4 Å². The zero-order valence-electron chi connectivity index (χ0n) is 12.8. The molecule has 0 bridgehead atoms. The Morgan fingerprint density at radius 2 is 2.05 bits per heavy atom. The Morgan fingerprint density at radius 3 is 2.62 bits per heavy atom. The van der Waals surface area contributed by atoms with Crippen LogP contribution in [0.25, 0.3) is 0 Å². The summed E-state index contributed by atoms with van der Waals surface area (Å²) < 4.78 is 27.3. The molecule has 21 heavy (non-hydrogen) atoms. The normalized spacial score (nSPS) is 19.4. The van der Waals surface area contributed by atoms with E-state index in [1.807, 2.05) is 19.9 Å². The van der Waals surface area contributed by atoms with Gasteiger partial charge in [-0.3, -0.25) is 0 Å². The highest BCUT2D eigenvalue weighted by Gasteiger charge is 2.32. The summed E-state index contributed by atoms with van der Waals surface area (Å²) in [7, 11) is -3.32. The molecule has 0 spiro atoms. The molecule has 3 rings (SSSR count). The maximum atomic E-state index is 12.8. The minimum absolute atomic E-state index is 0.516. The maximum absolute atomic E-state index is 12.8. The number of aryl methyl sites for hydroxylation is 1. The van der Waals surface area contributed by atoms with Gasteiger partial charge in [-0.25, -0.2) is 8.42 Å². The molecule has 6 heteroatoms. The van der Waals surface area contributed by atoms with Crippen LogP contribution in [0.5, 0.6) is 0 Å². The zero-order chi connectivity index (χ0) is 15.0. The van der Waals surface area contributed by atoms with E-state index in [1.165, 1.54) is 25.7 Å². The van der Waals surface area contributed by atoms with Crippen LogP contribution in [0.2, 0.25) is 0 Å². The molecule has 1 aromatic rings. The van der Waals surface area contributed by atoms with Gasteiger partial charge in [0.25, 0.3) is 0 Å². The molecule has 2 aliphatic carbocycles. The lowest BCUT2D eigenvalue weighted by Gasteiger charge is -2.20. The van der Waals surface area contributed by atoms with Crippen molar-refractivity contribution in [1.82, 2.24) is 9.62 Å². The van der Waals surface area contributed by atoms with Gasteiger partial charge in [-0.05, 0) is 44.6 Å². The van der Waals surface area contributed by atoms with Crippen LogP contribution in [0, 0.1) is 12.8 Å². The molecule has 2 aliphatic rings. The molecule has 1 N–H and O–H groups in total. The number of hydrogen-bond donors (Lipinski definition) is 1. The maximum Gasteiger partial charge on any atom is 0.244 e. The van der Waals surface area contributed by atoms with E-state index < -0.39 is 10.0 Å². The highest BCUT2D eigenvalue weighted by molar-refractivity contribution is 7.89. The number of thiophene rings is 1. The highest BCUT2D eigenvalue weighted by atomic mass is 32.2. The van der Waals surface area contributed by atoms with E-state index in [0.29, 0.717) is 29.9 Å². The van der Waals surface area contributed by atoms with Crippen molar-refractivity contribution < 1.29 is 8.42 Å². The Balaban J connectivity index is 1.75. The predicted molar refractivity (Wildman–Crippen MR) is 86.1 cm³/mol. The van der Waals surface area contributed by atoms with Crippen LogP contribution < -0.4 is 5.32 Å². The van der Waals surface area contributed by atoms with Crippen LogP contribution in [0.15, 0.2) is 11.0 Å². The lowest BCUT2D eigenvalue weighted by molar-refractivity contribution is 0.412. The first kappa shape index (κ1) is 15.5. The topological polar surface area (TPSA) is 49.4 Å². The third-order valence-electron chi connectivity index (χ3n) is 4.19. The highest BCUT2D eigenvalue weighted by Crippen LogP contribution is 2.34. The molecule has 4 nitrogen and oxygen atoms in total. The Kier molecular flexibility index (Phi) is 4.41. The minimum atomic E-state index is -3.32. The van der Waals surface area contributed by atoms with Gasteiger partial charge in [-0.1, -0.05) is 6.92 Å². The fourth-order valence-electron chi connectivity index (χ4n) is 2.52. The molecule has 0 aliphatic heterocycles. The second kappa shape index (κ2) is 5.99. The van der Waals surface area contributed by atoms with Crippen molar-refractivity contribution in [3.8, 4) is 0 Å². The van der Waals surface area contributed by atoms with Crippen LogP contribution in [0.1, 0.15) is 42.4 Å². The van der Waals surface area contributed by atoms with Gasteiger partial charge in [-0.2, -0.15) is 4.31 Å². The van der Waals surface area contributed by atoms with Crippen LogP contribution in [-0.4, -0.2) is 31.9 Å². The number of nitrogens with zero attached hydrogens (tertiary/aromatic N) is 1. The fraction of sp³-hybridized carbons (Fsp3) is 0.733. The average molecular weight is 329 g/mol. The van der Waals surface area contributed by atoms with Gasteiger partial charge >= 0.3 is 0 Å².